The summed E-state index contributed by atoms with van der Waals surface area (Å²) in [6, 6.07) is 10.6. The van der Waals surface area contributed by atoms with Crippen LogP contribution in [0.2, 0.25) is 0 Å². The van der Waals surface area contributed by atoms with E-state index >= 15 is 0 Å². The van der Waals surface area contributed by atoms with E-state index in [-0.39, 0.29) is 16.4 Å². The molecule has 6 rings (SSSR count). The minimum atomic E-state index is -0.921. The molecule has 126 valence electrons. The third kappa shape index (κ3) is 2.21. The van der Waals surface area contributed by atoms with Gasteiger partial charge in [0.15, 0.2) is 24.7 Å². The molecule has 0 radical (unpaired) electrons. The van der Waals surface area contributed by atoms with Gasteiger partial charge in [0.1, 0.15) is 5.60 Å². The van der Waals surface area contributed by atoms with Gasteiger partial charge in [0.2, 0.25) is 0 Å². The number of rotatable bonds is 2. The maximum absolute atomic E-state index is 11.0. The Morgan fingerprint density at radius 2 is 1.62 bits per heavy atom. The zero-order valence-electron chi connectivity index (χ0n) is 14.6. The molecule has 2 saturated carbocycles. The highest BCUT2D eigenvalue weighted by Gasteiger charge is 2.67. The summed E-state index contributed by atoms with van der Waals surface area (Å²) >= 11 is 0. The molecule has 2 aliphatic heterocycles. The van der Waals surface area contributed by atoms with Crippen molar-refractivity contribution in [3.63, 3.8) is 0 Å². The Kier molecular flexibility index (Phi) is 2.72. The van der Waals surface area contributed by atoms with Gasteiger partial charge in [-0.25, -0.2) is 4.57 Å². The number of ether oxygens (including phenoxy) is 1. The van der Waals surface area contributed by atoms with Crippen LogP contribution in [0.3, 0.4) is 0 Å². The molecule has 0 amide bonds. The van der Waals surface area contributed by atoms with Gasteiger partial charge in [0.25, 0.3) is 0 Å². The third-order valence-electron chi connectivity index (χ3n) is 6.38. The average Bonchev–Trinajstić information content (AvgIpc) is 2.41. The van der Waals surface area contributed by atoms with E-state index in [1.165, 1.54) is 17.2 Å². The third-order valence-corrected chi connectivity index (χ3v) is 6.38. The summed E-state index contributed by atoms with van der Waals surface area (Å²) in [5, 5.41) is 13.5. The van der Waals surface area contributed by atoms with Crippen molar-refractivity contribution in [3.8, 4) is 0 Å². The minimum absolute atomic E-state index is 0.204. The Balaban J connectivity index is 1.53. The van der Waals surface area contributed by atoms with Gasteiger partial charge in [-0.1, -0.05) is 32.0 Å². The molecule has 2 atom stereocenters. The largest absolute Gasteiger partial charge is 0.365 e. The quantitative estimate of drug-likeness (QED) is 0.857. The molecule has 3 heterocycles. The van der Waals surface area contributed by atoms with E-state index in [1.807, 2.05) is 0 Å². The first kappa shape index (κ1) is 14.9. The average molecular weight is 324 g/mol. The first-order valence-corrected chi connectivity index (χ1v) is 9.09. The fraction of sp³-hybridized carbons (Fsp3) is 0.571. The fourth-order valence-corrected chi connectivity index (χ4v) is 6.72. The van der Waals surface area contributed by atoms with Crippen molar-refractivity contribution in [2.75, 3.05) is 0 Å². The normalized spacial score (nSPS) is 43.5. The minimum Gasteiger partial charge on any atom is -0.365 e. The van der Waals surface area contributed by atoms with Crippen molar-refractivity contribution in [2.45, 2.75) is 63.9 Å². The molecule has 3 nitrogen and oxygen atoms in total. The number of benzene rings is 1. The van der Waals surface area contributed by atoms with Crippen molar-refractivity contribution in [3.05, 3.63) is 42.7 Å². The van der Waals surface area contributed by atoms with Crippen LogP contribution >= 0.6 is 0 Å². The summed E-state index contributed by atoms with van der Waals surface area (Å²) in [4.78, 5) is 0. The number of nitrogens with zero attached hydrogens (tertiary/aromatic N) is 1. The van der Waals surface area contributed by atoms with E-state index in [0.717, 1.165) is 32.2 Å². The molecule has 2 saturated heterocycles. The van der Waals surface area contributed by atoms with Crippen LogP contribution in [0.4, 0.5) is 0 Å². The predicted octanol–water partition coefficient (Wildman–Crippen LogP) is 3.58. The molecule has 2 unspecified atom stereocenters. The van der Waals surface area contributed by atoms with E-state index < -0.39 is 5.79 Å². The van der Waals surface area contributed by atoms with Crippen molar-refractivity contribution < 1.29 is 14.4 Å². The Labute approximate surface area is 143 Å². The number of pyridine rings is 1. The molecule has 3 heteroatoms. The molecule has 1 aromatic carbocycles. The van der Waals surface area contributed by atoms with E-state index in [2.05, 4.69) is 61.1 Å². The van der Waals surface area contributed by atoms with Crippen molar-refractivity contribution in [1.82, 2.24) is 0 Å². The number of hydrogen-bond acceptors (Lipinski definition) is 2. The molecule has 2 aliphatic carbocycles. The van der Waals surface area contributed by atoms with Gasteiger partial charge in [-0.3, -0.25) is 0 Å². The van der Waals surface area contributed by atoms with Crippen LogP contribution in [0.1, 0.15) is 46.0 Å². The van der Waals surface area contributed by atoms with Crippen molar-refractivity contribution >= 4 is 10.8 Å². The second-order valence-corrected chi connectivity index (χ2v) is 9.48. The smallest absolute Gasteiger partial charge is 0.177 e. The molecular formula is C21H26NO2+. The molecule has 2 aromatic rings. The molecule has 4 aliphatic rings. The first-order valence-electron chi connectivity index (χ1n) is 9.09. The van der Waals surface area contributed by atoms with Crippen LogP contribution in [-0.2, 0) is 11.3 Å². The van der Waals surface area contributed by atoms with E-state index in [9.17, 15) is 5.11 Å². The highest BCUT2D eigenvalue weighted by Crippen LogP contribution is 2.67. The second kappa shape index (κ2) is 4.39. The van der Waals surface area contributed by atoms with Crippen LogP contribution in [0.15, 0.2) is 42.7 Å². The number of fused-ring (bicyclic) bond motifs is 1. The highest BCUT2D eigenvalue weighted by atomic mass is 16.6. The maximum atomic E-state index is 11.0. The van der Waals surface area contributed by atoms with Gasteiger partial charge >= 0.3 is 0 Å². The fourth-order valence-electron chi connectivity index (χ4n) is 6.72. The van der Waals surface area contributed by atoms with Gasteiger partial charge in [0.05, 0.1) is 0 Å². The molecule has 4 bridgehead atoms. The van der Waals surface area contributed by atoms with Gasteiger partial charge in [-0.05, 0) is 41.5 Å². The van der Waals surface area contributed by atoms with Gasteiger partial charge in [0, 0.05) is 24.3 Å². The summed E-state index contributed by atoms with van der Waals surface area (Å²) in [5.74, 6) is -0.921. The van der Waals surface area contributed by atoms with Crippen LogP contribution in [0.5, 0.6) is 0 Å². The Morgan fingerprint density at radius 3 is 2.29 bits per heavy atom. The highest BCUT2D eigenvalue weighted by molar-refractivity contribution is 5.80. The Hall–Kier alpha value is -1.45. The molecule has 1 N–H and O–H groups in total. The second-order valence-electron chi connectivity index (χ2n) is 9.48. The zero-order valence-corrected chi connectivity index (χ0v) is 14.6. The molecule has 1 aromatic heterocycles. The molecule has 0 spiro atoms. The molecular weight excluding hydrogens is 298 g/mol. The standard InChI is InChI=1S/C21H26NO2/c1-18-10-19(2)12-20(11-18,24-21(23,13-18)14-19)15-22-8-7-16-5-3-4-6-17(16)9-22/h3-9,23H,10-15H2,1-2H3/q+1. The van der Waals surface area contributed by atoms with Crippen LogP contribution in [0.25, 0.3) is 10.8 Å². The summed E-state index contributed by atoms with van der Waals surface area (Å²) < 4.78 is 8.63. The van der Waals surface area contributed by atoms with Gasteiger partial charge in [-0.15, -0.1) is 0 Å². The summed E-state index contributed by atoms with van der Waals surface area (Å²) in [5.41, 5.74) is 0.172. The number of hydrogen-bond donors (Lipinski definition) is 1. The lowest BCUT2D eigenvalue weighted by Crippen LogP contribution is -2.70. The van der Waals surface area contributed by atoms with Crippen LogP contribution in [-0.4, -0.2) is 16.5 Å². The number of aromatic nitrogens is 1. The van der Waals surface area contributed by atoms with E-state index in [0.29, 0.717) is 0 Å². The lowest BCUT2D eigenvalue weighted by molar-refractivity contribution is -0.716. The topological polar surface area (TPSA) is 33.3 Å². The predicted molar refractivity (Wildman–Crippen MR) is 92.2 cm³/mol. The maximum Gasteiger partial charge on any atom is 0.177 e. The monoisotopic (exact) mass is 324 g/mol. The van der Waals surface area contributed by atoms with E-state index in [4.69, 9.17) is 4.74 Å². The Bertz CT molecular complexity index is 776. The van der Waals surface area contributed by atoms with Gasteiger partial charge < -0.3 is 9.84 Å². The van der Waals surface area contributed by atoms with Crippen LogP contribution < -0.4 is 4.57 Å². The van der Waals surface area contributed by atoms with Crippen LogP contribution in [0, 0.1) is 10.8 Å². The summed E-state index contributed by atoms with van der Waals surface area (Å²) in [6.45, 7) is 5.51. The van der Waals surface area contributed by atoms with Crippen molar-refractivity contribution in [2.24, 2.45) is 10.8 Å². The van der Waals surface area contributed by atoms with E-state index in [1.54, 1.807) is 0 Å². The molecule has 4 fully saturated rings. The lowest BCUT2D eigenvalue weighted by atomic mass is 9.48. The molecule has 24 heavy (non-hydrogen) atoms. The SMILES string of the molecule is CC12CC3(C)CC(O)(C1)OC(C[n+]1ccc4ccccc4c1)(C2)C3. The Morgan fingerprint density at radius 1 is 0.958 bits per heavy atom. The summed E-state index contributed by atoms with van der Waals surface area (Å²) in [6.07, 6.45) is 9.27. The lowest BCUT2D eigenvalue weighted by Gasteiger charge is -2.66. The summed E-state index contributed by atoms with van der Waals surface area (Å²) in [7, 11) is 0. The van der Waals surface area contributed by atoms with Gasteiger partial charge in [-0.2, -0.15) is 0 Å². The number of aliphatic hydroxyl groups is 1. The first-order chi connectivity index (χ1) is 11.3. The van der Waals surface area contributed by atoms with Crippen molar-refractivity contribution in [1.29, 1.82) is 0 Å². The zero-order chi connectivity index (χ0) is 16.6.